The molecule has 3 nitrogen and oxygen atoms in total. The number of nitrogens with one attached hydrogen (secondary N) is 1. The van der Waals surface area contributed by atoms with E-state index in [1.54, 1.807) is 7.11 Å². The molecule has 0 amide bonds. The predicted molar refractivity (Wildman–Crippen MR) is 68.3 cm³/mol. The number of halogens is 2. The zero-order chi connectivity index (χ0) is 13.8. The number of hydrogen-bond donors (Lipinski definition) is 2. The molecule has 5 heteroatoms. The molecule has 1 rings (SSSR count). The molecular weight excluding hydrogens is 238 g/mol. The fraction of sp³-hybridized carbons (Fsp3) is 1.00. The van der Waals surface area contributed by atoms with E-state index in [4.69, 9.17) is 10.6 Å². The second kappa shape index (κ2) is 6.26. The van der Waals surface area contributed by atoms with Gasteiger partial charge >= 0.3 is 0 Å². The Hall–Kier alpha value is -0.260. The third-order valence-electron chi connectivity index (χ3n) is 4.15. The van der Waals surface area contributed by atoms with Crippen molar-refractivity contribution in [1.82, 2.24) is 5.43 Å². The second-order valence-corrected chi connectivity index (χ2v) is 5.97. The first kappa shape index (κ1) is 15.8. The van der Waals surface area contributed by atoms with Crippen LogP contribution in [0.1, 0.15) is 52.4 Å². The maximum atomic E-state index is 13.1. The number of hydrazine groups is 1. The summed E-state index contributed by atoms with van der Waals surface area (Å²) in [6.07, 6.45) is 2.80. The van der Waals surface area contributed by atoms with Crippen molar-refractivity contribution in [2.45, 2.75) is 69.9 Å². The molecule has 0 aromatic carbocycles. The van der Waals surface area contributed by atoms with E-state index in [0.29, 0.717) is 12.8 Å². The summed E-state index contributed by atoms with van der Waals surface area (Å²) in [5, 5.41) is 0. The molecule has 108 valence electrons. The lowest BCUT2D eigenvalue weighted by molar-refractivity contribution is -0.0515. The Morgan fingerprint density at radius 1 is 1.39 bits per heavy atom. The summed E-state index contributed by atoms with van der Waals surface area (Å²) in [6.45, 7) is 4.05. The van der Waals surface area contributed by atoms with Crippen molar-refractivity contribution in [2.24, 2.45) is 11.8 Å². The zero-order valence-corrected chi connectivity index (χ0v) is 11.6. The fourth-order valence-corrected chi connectivity index (χ4v) is 2.53. The summed E-state index contributed by atoms with van der Waals surface area (Å²) in [5.41, 5.74) is 2.61. The van der Waals surface area contributed by atoms with Crippen molar-refractivity contribution >= 4 is 0 Å². The maximum absolute atomic E-state index is 13.1. The zero-order valence-electron chi connectivity index (χ0n) is 11.6. The highest BCUT2D eigenvalue weighted by Crippen LogP contribution is 2.38. The minimum Gasteiger partial charge on any atom is -0.379 e. The summed E-state index contributed by atoms with van der Waals surface area (Å²) < 4.78 is 31.6. The van der Waals surface area contributed by atoms with Gasteiger partial charge in [0.05, 0.1) is 5.60 Å². The van der Waals surface area contributed by atoms with Gasteiger partial charge in [-0.3, -0.25) is 11.3 Å². The van der Waals surface area contributed by atoms with E-state index in [1.807, 2.05) is 13.8 Å². The second-order valence-electron chi connectivity index (χ2n) is 5.97. The first-order chi connectivity index (χ1) is 8.29. The van der Waals surface area contributed by atoms with E-state index in [2.05, 4.69) is 5.43 Å². The molecule has 0 aromatic heterocycles. The molecule has 18 heavy (non-hydrogen) atoms. The molecule has 1 aliphatic carbocycles. The van der Waals surface area contributed by atoms with E-state index >= 15 is 0 Å². The molecule has 0 radical (unpaired) electrons. The van der Waals surface area contributed by atoms with Crippen molar-refractivity contribution in [3.63, 3.8) is 0 Å². The van der Waals surface area contributed by atoms with Crippen molar-refractivity contribution in [3.05, 3.63) is 0 Å². The molecule has 0 aliphatic heterocycles. The van der Waals surface area contributed by atoms with E-state index < -0.39 is 5.92 Å². The van der Waals surface area contributed by atoms with Gasteiger partial charge in [-0.15, -0.1) is 0 Å². The largest absolute Gasteiger partial charge is 0.379 e. The first-order valence-corrected chi connectivity index (χ1v) is 6.69. The molecule has 0 aromatic rings. The number of nitrogens with two attached hydrogens (primary N) is 1. The number of ether oxygens (including phenoxy) is 1. The summed E-state index contributed by atoms with van der Waals surface area (Å²) in [4.78, 5) is 0. The fourth-order valence-electron chi connectivity index (χ4n) is 2.53. The van der Waals surface area contributed by atoms with Crippen LogP contribution in [0.3, 0.4) is 0 Å². The lowest BCUT2D eigenvalue weighted by Gasteiger charge is -2.35. The van der Waals surface area contributed by atoms with Gasteiger partial charge in [-0.2, -0.15) is 0 Å². The van der Waals surface area contributed by atoms with Gasteiger partial charge in [-0.25, -0.2) is 8.78 Å². The van der Waals surface area contributed by atoms with Crippen molar-refractivity contribution in [2.75, 3.05) is 7.11 Å². The number of methoxy groups -OCH3 is 1. The summed E-state index contributed by atoms with van der Waals surface area (Å²) in [7, 11) is 1.69. The van der Waals surface area contributed by atoms with Crippen LogP contribution in [0.5, 0.6) is 0 Å². The minimum absolute atomic E-state index is 0.0104. The average molecular weight is 264 g/mol. The van der Waals surface area contributed by atoms with Gasteiger partial charge in [0.2, 0.25) is 5.92 Å². The highest BCUT2D eigenvalue weighted by atomic mass is 19.3. The number of alkyl halides is 2. The molecule has 1 unspecified atom stereocenters. The van der Waals surface area contributed by atoms with Crippen LogP contribution in [0.4, 0.5) is 8.78 Å². The molecule has 0 spiro atoms. The summed E-state index contributed by atoms with van der Waals surface area (Å²) in [6, 6.07) is 0.107. The Kier molecular flexibility index (Phi) is 5.49. The molecule has 0 bridgehead atoms. The van der Waals surface area contributed by atoms with Crippen LogP contribution in [-0.2, 0) is 4.74 Å². The number of hydrogen-bond acceptors (Lipinski definition) is 3. The van der Waals surface area contributed by atoms with Gasteiger partial charge < -0.3 is 4.74 Å². The van der Waals surface area contributed by atoms with Gasteiger partial charge in [0.15, 0.2) is 0 Å². The SMILES string of the molecule is COC(C)(C)CCC(NN)C1CCC(F)(F)CC1. The molecule has 1 atom stereocenters. The van der Waals surface area contributed by atoms with Crippen LogP contribution in [0.2, 0.25) is 0 Å². The Bertz CT molecular complexity index is 249. The summed E-state index contributed by atoms with van der Waals surface area (Å²) >= 11 is 0. The van der Waals surface area contributed by atoms with Crippen molar-refractivity contribution in [1.29, 1.82) is 0 Å². The molecule has 0 heterocycles. The van der Waals surface area contributed by atoms with E-state index in [1.165, 1.54) is 0 Å². The van der Waals surface area contributed by atoms with Gasteiger partial charge in [0.1, 0.15) is 0 Å². The Morgan fingerprint density at radius 3 is 2.39 bits per heavy atom. The standard InChI is InChI=1S/C13H26F2N2O/c1-12(2,18-3)7-6-11(17-16)10-4-8-13(14,15)9-5-10/h10-11,17H,4-9,16H2,1-3H3. The molecule has 3 N–H and O–H groups in total. The van der Waals surface area contributed by atoms with Gasteiger partial charge in [-0.1, -0.05) is 0 Å². The van der Waals surface area contributed by atoms with Crippen molar-refractivity contribution < 1.29 is 13.5 Å². The topological polar surface area (TPSA) is 47.3 Å². The molecule has 1 fully saturated rings. The first-order valence-electron chi connectivity index (χ1n) is 6.69. The highest BCUT2D eigenvalue weighted by Gasteiger charge is 2.37. The van der Waals surface area contributed by atoms with Crippen LogP contribution in [0.25, 0.3) is 0 Å². The van der Waals surface area contributed by atoms with Crippen LogP contribution >= 0.6 is 0 Å². The maximum Gasteiger partial charge on any atom is 0.248 e. The van der Waals surface area contributed by atoms with Gasteiger partial charge in [0, 0.05) is 26.0 Å². The smallest absolute Gasteiger partial charge is 0.248 e. The summed E-state index contributed by atoms with van der Waals surface area (Å²) in [5.74, 6) is 3.35. The molecular formula is C13H26F2N2O. The molecule has 1 aliphatic rings. The van der Waals surface area contributed by atoms with Crippen LogP contribution in [-0.4, -0.2) is 24.7 Å². The van der Waals surface area contributed by atoms with Gasteiger partial charge in [-0.05, 0) is 45.4 Å². The Labute approximate surface area is 108 Å². The lowest BCUT2D eigenvalue weighted by atomic mass is 9.80. The van der Waals surface area contributed by atoms with Crippen LogP contribution < -0.4 is 11.3 Å². The van der Waals surface area contributed by atoms with E-state index in [-0.39, 0.29) is 30.4 Å². The normalized spacial score (nSPS) is 23.0. The van der Waals surface area contributed by atoms with E-state index in [9.17, 15) is 8.78 Å². The number of rotatable bonds is 6. The monoisotopic (exact) mass is 264 g/mol. The lowest BCUT2D eigenvalue weighted by Crippen LogP contribution is -2.44. The van der Waals surface area contributed by atoms with E-state index in [0.717, 1.165) is 12.8 Å². The quantitative estimate of drug-likeness (QED) is 0.573. The Balaban J connectivity index is 2.42. The average Bonchev–Trinajstić information content (AvgIpc) is 2.31. The Morgan fingerprint density at radius 2 is 1.94 bits per heavy atom. The van der Waals surface area contributed by atoms with Gasteiger partial charge in [0.25, 0.3) is 0 Å². The minimum atomic E-state index is -2.47. The predicted octanol–water partition coefficient (Wildman–Crippen LogP) is 2.85. The molecule has 1 saturated carbocycles. The van der Waals surface area contributed by atoms with Crippen LogP contribution in [0, 0.1) is 5.92 Å². The third-order valence-corrected chi connectivity index (χ3v) is 4.15. The third kappa shape index (κ3) is 4.78. The highest BCUT2D eigenvalue weighted by molar-refractivity contribution is 4.85. The van der Waals surface area contributed by atoms with Crippen molar-refractivity contribution in [3.8, 4) is 0 Å². The van der Waals surface area contributed by atoms with Crippen LogP contribution in [0.15, 0.2) is 0 Å². The molecule has 0 saturated heterocycles.